The number of halogens is 5. The molecule has 0 aromatic rings. The fraction of sp³-hybridized carbons (Fsp3) is 0.809. The zero-order chi connectivity index (χ0) is 45.6. The Labute approximate surface area is 405 Å². The summed E-state index contributed by atoms with van der Waals surface area (Å²) in [5, 5.41) is 8.68. The van der Waals surface area contributed by atoms with E-state index in [0.717, 1.165) is 31.8 Å². The second-order valence-corrected chi connectivity index (χ2v) is 16.4. The standard InChI is InChI=1S/C16H30O2.C14H28O.C10H21.C7H9F3O5S.BrH.FH.Mg.H2/c1-4-6-7-8-9-10-11-12-13-15(3)14-16(17)18-5-2;1-3-4-5-6-7-8-9-10-11-14(2)12-13-15;1-3-5-7-9-10-8-6-4-2;1-3-14-6(11)4-5(2)15-16(12,13)7(8,9)10;;;;/h14H,4-13H2,1-3H3;12,15H,3-11,13H2,1-2H3;1,3-10H2,2H3;4H,3H2,1-2H3;2*1H;;1H/q;;-1;;;;+2;/p-1/b15-14-;14-12-;;5-4-;;;;/i;;;;;;;1+1. The monoisotopic (exact) mass is 996 g/mol. The van der Waals surface area contributed by atoms with Gasteiger partial charge in [0.15, 0.2) is 0 Å². The summed E-state index contributed by atoms with van der Waals surface area (Å²) < 4.78 is 69.2. The number of ether oxygens (including phenoxy) is 2. The van der Waals surface area contributed by atoms with E-state index in [-0.39, 0.29) is 65.3 Å². The number of hydrogen-bond donors (Lipinski definition) is 1. The number of unbranched alkanes of at least 4 members (excludes halogenated alkanes) is 21. The molecule has 0 aliphatic rings. The van der Waals surface area contributed by atoms with Gasteiger partial charge in [-0.15, -0.1) is 0 Å². The summed E-state index contributed by atoms with van der Waals surface area (Å²) in [6.45, 7) is 19.6. The Balaban J connectivity index is -0.000000106. The van der Waals surface area contributed by atoms with Gasteiger partial charge in [-0.3, -0.25) is 4.70 Å². The van der Waals surface area contributed by atoms with E-state index in [1.165, 1.54) is 160 Å². The molecule has 0 saturated carbocycles. The molecular weight excluding hydrogens is 905 g/mol. The number of hydrogen-bond acceptors (Lipinski definition) is 8. The van der Waals surface area contributed by atoms with Crippen LogP contribution in [0.4, 0.5) is 17.9 Å². The van der Waals surface area contributed by atoms with Gasteiger partial charge in [-0.05, 0) is 60.3 Å². The van der Waals surface area contributed by atoms with Crippen molar-refractivity contribution < 1.29 is 73.1 Å². The summed E-state index contributed by atoms with van der Waals surface area (Å²) >= 11 is 0. The Morgan fingerprint density at radius 2 is 0.919 bits per heavy atom. The van der Waals surface area contributed by atoms with Gasteiger partial charge in [0.2, 0.25) is 0 Å². The summed E-state index contributed by atoms with van der Waals surface area (Å²) in [4.78, 5) is 21.9. The van der Waals surface area contributed by atoms with Crippen LogP contribution in [-0.4, -0.2) is 73.8 Å². The van der Waals surface area contributed by atoms with Gasteiger partial charge < -0.3 is 42.7 Å². The van der Waals surface area contributed by atoms with Crippen LogP contribution in [0.25, 0.3) is 0 Å². The molecule has 0 aliphatic heterocycles. The van der Waals surface area contributed by atoms with Crippen LogP contribution in [0, 0.1) is 6.92 Å². The second kappa shape index (κ2) is 56.0. The van der Waals surface area contributed by atoms with Crippen LogP contribution in [0.5, 0.6) is 0 Å². The summed E-state index contributed by atoms with van der Waals surface area (Å²) in [5.74, 6) is -1.91. The number of rotatable bonds is 32. The van der Waals surface area contributed by atoms with Crippen molar-refractivity contribution in [2.75, 3.05) is 19.8 Å². The van der Waals surface area contributed by atoms with Crippen molar-refractivity contribution in [3.8, 4) is 0 Å². The topological polar surface area (TPSA) is 116 Å². The predicted octanol–water partition coefficient (Wildman–Crippen LogP) is 11.8. The van der Waals surface area contributed by atoms with Crippen LogP contribution < -0.4 is 17.0 Å². The number of alkyl halides is 3. The maximum Gasteiger partial charge on any atom is 2.00 e. The minimum absolute atomic E-state index is 0. The van der Waals surface area contributed by atoms with E-state index >= 15 is 0 Å². The molecule has 0 bridgehead atoms. The van der Waals surface area contributed by atoms with Crippen LogP contribution in [0.15, 0.2) is 35.1 Å². The Bertz CT molecular complexity index is 1170. The molecule has 0 spiro atoms. The molecule has 15 heteroatoms. The smallest absolute Gasteiger partial charge is 1.00 e. The molecule has 0 unspecified atom stereocenters. The van der Waals surface area contributed by atoms with Gasteiger partial charge in [-0.1, -0.05) is 173 Å². The summed E-state index contributed by atoms with van der Waals surface area (Å²) in [7, 11) is -5.73. The number of aliphatic hydroxyl groups is 1. The maximum atomic E-state index is 11.8. The average Bonchev–Trinajstić information content (AvgIpc) is 3.15. The van der Waals surface area contributed by atoms with Gasteiger partial charge in [-0.25, -0.2) is 9.59 Å². The SMILES string of the molecule is CCCCCCCCCC/C(C)=C\C(=O)OCC.CCCCCCCCCC/C(C)=C\CO.CCOC(=O)/C=C(/C)OS(=O)(=O)C(F)(F)F.F.[2HH].[Br-].[CH2-]CCCCCCCCC.[Mg+2]. The van der Waals surface area contributed by atoms with Crippen molar-refractivity contribution in [2.45, 2.75) is 228 Å². The minimum Gasteiger partial charge on any atom is -1.00 e. The van der Waals surface area contributed by atoms with Gasteiger partial charge in [0.25, 0.3) is 0 Å². The molecule has 0 radical (unpaired) electrons. The van der Waals surface area contributed by atoms with E-state index in [2.05, 4.69) is 43.5 Å². The average molecular weight is 998 g/mol. The first-order valence-electron chi connectivity index (χ1n) is 22.8. The number of carbonyl (C=O) groups is 2. The predicted molar refractivity (Wildman–Crippen MR) is 250 cm³/mol. The molecule has 0 aliphatic carbocycles. The largest absolute Gasteiger partial charge is 2.00 e. The fourth-order valence-electron chi connectivity index (χ4n) is 5.52. The fourth-order valence-corrected chi connectivity index (χ4v) is 6.01. The molecule has 0 fully saturated rings. The Morgan fingerprint density at radius 3 is 1.24 bits per heavy atom. The first kappa shape index (κ1) is 75.2. The number of esters is 2. The Kier molecular flexibility index (Phi) is 67.8. The van der Waals surface area contributed by atoms with Crippen LogP contribution in [0.2, 0.25) is 0 Å². The van der Waals surface area contributed by atoms with Crippen molar-refractivity contribution in [3.05, 3.63) is 42.1 Å². The summed E-state index contributed by atoms with van der Waals surface area (Å²) in [5.41, 5.74) is -3.06. The van der Waals surface area contributed by atoms with Crippen LogP contribution in [0.1, 0.15) is 224 Å². The maximum absolute atomic E-state index is 11.8. The van der Waals surface area contributed by atoms with E-state index in [9.17, 15) is 31.2 Å². The van der Waals surface area contributed by atoms with Gasteiger partial charge in [0.1, 0.15) is 5.76 Å². The molecule has 62 heavy (non-hydrogen) atoms. The molecule has 0 rings (SSSR count). The molecule has 0 aromatic heterocycles. The first-order valence-corrected chi connectivity index (χ1v) is 24.2. The second-order valence-electron chi connectivity index (χ2n) is 14.9. The molecule has 370 valence electrons. The first-order chi connectivity index (χ1) is 28.0. The molecule has 0 amide bonds. The molecule has 8 nitrogen and oxygen atoms in total. The van der Waals surface area contributed by atoms with Gasteiger partial charge in [0, 0.05) is 7.50 Å². The molecule has 0 heterocycles. The Morgan fingerprint density at radius 1 is 0.597 bits per heavy atom. The van der Waals surface area contributed by atoms with Crippen molar-refractivity contribution in [1.29, 1.82) is 0 Å². The third kappa shape index (κ3) is 60.9. The van der Waals surface area contributed by atoms with E-state index in [4.69, 9.17) is 9.84 Å². The van der Waals surface area contributed by atoms with Crippen molar-refractivity contribution in [1.82, 2.24) is 0 Å². The molecular formula is C47H91BrF4MgO8S. The van der Waals surface area contributed by atoms with E-state index in [0.29, 0.717) is 12.7 Å². The summed E-state index contributed by atoms with van der Waals surface area (Å²) in [6, 6.07) is 0. The number of aliphatic hydroxyl groups excluding tert-OH is 1. The van der Waals surface area contributed by atoms with Crippen LogP contribution in [0.3, 0.4) is 0 Å². The van der Waals surface area contributed by atoms with Gasteiger partial charge in [-0.2, -0.15) is 28.0 Å². The van der Waals surface area contributed by atoms with Crippen molar-refractivity contribution in [2.24, 2.45) is 0 Å². The molecule has 0 saturated heterocycles. The molecule has 0 aromatic carbocycles. The third-order valence-corrected chi connectivity index (χ3v) is 9.98. The third-order valence-electron chi connectivity index (χ3n) is 8.93. The van der Waals surface area contributed by atoms with E-state index in [1.807, 2.05) is 19.9 Å². The van der Waals surface area contributed by atoms with Gasteiger partial charge >= 0.3 is 50.6 Å². The van der Waals surface area contributed by atoms with E-state index in [1.54, 1.807) is 6.08 Å². The van der Waals surface area contributed by atoms with Crippen LogP contribution in [-0.2, 0) is 33.4 Å². The Hall–Kier alpha value is -1.16. The number of allylic oxidation sites excluding steroid dienone is 3. The van der Waals surface area contributed by atoms with Crippen molar-refractivity contribution in [3.63, 3.8) is 0 Å². The van der Waals surface area contributed by atoms with Crippen molar-refractivity contribution >= 4 is 45.1 Å². The minimum atomic E-state index is -5.73. The zero-order valence-corrected chi connectivity index (χ0v) is 44.1. The van der Waals surface area contributed by atoms with Gasteiger partial charge in [0.05, 0.1) is 25.9 Å². The number of carbonyl (C=O) groups excluding carboxylic acids is 2. The summed E-state index contributed by atoms with van der Waals surface area (Å²) in [6.07, 6.45) is 38.8. The quantitative estimate of drug-likeness (QED) is 0.00677. The molecule has 0 atom stereocenters. The van der Waals surface area contributed by atoms with E-state index < -0.39 is 27.4 Å². The zero-order valence-electron chi connectivity index (χ0n) is 40.3. The normalized spacial score (nSPS) is 11.4. The molecule has 1 N–H and O–H groups in total. The van der Waals surface area contributed by atoms with Crippen LogP contribution >= 0.6 is 0 Å².